The topological polar surface area (TPSA) is 149 Å². The van der Waals surface area contributed by atoms with Gasteiger partial charge in [0.05, 0.1) is 19.8 Å². The minimum Gasteiger partial charge on any atom is -0.462 e. The molecular formula is C47H89O10P. The van der Waals surface area contributed by atoms with Crippen LogP contribution in [0.15, 0.2) is 24.3 Å². The predicted molar refractivity (Wildman–Crippen MR) is 238 cm³/mol. The Morgan fingerprint density at radius 2 is 0.931 bits per heavy atom. The Morgan fingerprint density at radius 1 is 0.517 bits per heavy atom. The van der Waals surface area contributed by atoms with E-state index < -0.39 is 51.8 Å². The van der Waals surface area contributed by atoms with Crippen molar-refractivity contribution >= 4 is 19.8 Å². The summed E-state index contributed by atoms with van der Waals surface area (Å²) >= 11 is 0. The second kappa shape index (κ2) is 43.5. The van der Waals surface area contributed by atoms with Gasteiger partial charge in [-0.3, -0.25) is 18.6 Å². The SMILES string of the molecule is CCC/C=C\C/C=C\CCCCCCCC(=O)OC(COC(=O)CCCCCCCCCCCCCCCCCCCCCCCC)COP(=O)(O)OCC(O)CO. The molecular weight excluding hydrogens is 755 g/mol. The van der Waals surface area contributed by atoms with Crippen LogP contribution in [-0.4, -0.2) is 65.7 Å². The molecule has 0 amide bonds. The summed E-state index contributed by atoms with van der Waals surface area (Å²) in [5.41, 5.74) is 0. The fraction of sp³-hybridized carbons (Fsp3) is 0.872. The van der Waals surface area contributed by atoms with E-state index in [1.807, 2.05) is 0 Å². The van der Waals surface area contributed by atoms with Crippen LogP contribution in [-0.2, 0) is 32.7 Å². The van der Waals surface area contributed by atoms with Crippen LogP contribution < -0.4 is 0 Å². The average molecular weight is 845 g/mol. The molecule has 0 rings (SSSR count). The maximum absolute atomic E-state index is 12.6. The number of ether oxygens (including phenoxy) is 2. The molecule has 0 heterocycles. The van der Waals surface area contributed by atoms with Crippen LogP contribution in [0.1, 0.15) is 226 Å². The van der Waals surface area contributed by atoms with Gasteiger partial charge in [-0.1, -0.05) is 199 Å². The summed E-state index contributed by atoms with van der Waals surface area (Å²) in [5, 5.41) is 18.3. The van der Waals surface area contributed by atoms with Crippen LogP contribution >= 0.6 is 7.82 Å². The molecule has 0 aliphatic carbocycles. The van der Waals surface area contributed by atoms with Crippen LogP contribution in [0, 0.1) is 0 Å². The number of phosphoric ester groups is 1. The lowest BCUT2D eigenvalue weighted by atomic mass is 10.0. The number of aliphatic hydroxyl groups excluding tert-OH is 2. The lowest BCUT2D eigenvalue weighted by Gasteiger charge is -2.20. The summed E-state index contributed by atoms with van der Waals surface area (Å²) in [6.07, 6.45) is 44.4. The number of hydrogen-bond donors (Lipinski definition) is 3. The Bertz CT molecular complexity index is 1020. The predicted octanol–water partition coefficient (Wildman–Crippen LogP) is 13.0. The lowest BCUT2D eigenvalue weighted by Crippen LogP contribution is -2.29. The van der Waals surface area contributed by atoms with Gasteiger partial charge in [-0.05, 0) is 38.5 Å². The second-order valence-corrected chi connectivity index (χ2v) is 17.6. The summed E-state index contributed by atoms with van der Waals surface area (Å²) < 4.78 is 32.7. The smallest absolute Gasteiger partial charge is 0.462 e. The third kappa shape index (κ3) is 42.6. The van der Waals surface area contributed by atoms with Crippen molar-refractivity contribution in [2.24, 2.45) is 0 Å². The number of carbonyl (C=O) groups is 2. The van der Waals surface area contributed by atoms with E-state index in [-0.39, 0.29) is 19.4 Å². The van der Waals surface area contributed by atoms with E-state index in [1.165, 1.54) is 122 Å². The fourth-order valence-corrected chi connectivity index (χ4v) is 7.47. The van der Waals surface area contributed by atoms with Crippen molar-refractivity contribution in [2.75, 3.05) is 26.4 Å². The summed E-state index contributed by atoms with van der Waals surface area (Å²) in [6, 6.07) is 0. The van der Waals surface area contributed by atoms with Crippen LogP contribution in [0.2, 0.25) is 0 Å². The number of phosphoric acid groups is 1. The summed E-state index contributed by atoms with van der Waals surface area (Å²) in [7, 11) is -4.62. The molecule has 342 valence electrons. The Labute approximate surface area is 355 Å². The Kier molecular flexibility index (Phi) is 42.4. The van der Waals surface area contributed by atoms with Crippen molar-refractivity contribution in [3.63, 3.8) is 0 Å². The molecule has 0 aromatic carbocycles. The van der Waals surface area contributed by atoms with Crippen LogP contribution in [0.4, 0.5) is 0 Å². The molecule has 3 N–H and O–H groups in total. The van der Waals surface area contributed by atoms with Crippen molar-refractivity contribution in [1.82, 2.24) is 0 Å². The van der Waals surface area contributed by atoms with Gasteiger partial charge in [0.15, 0.2) is 6.10 Å². The molecule has 11 heteroatoms. The zero-order valence-electron chi connectivity index (χ0n) is 37.3. The maximum atomic E-state index is 12.6. The van der Waals surface area contributed by atoms with Crippen molar-refractivity contribution in [3.8, 4) is 0 Å². The maximum Gasteiger partial charge on any atom is 0.472 e. The summed E-state index contributed by atoms with van der Waals surface area (Å²) in [5.74, 6) is -0.931. The molecule has 0 fully saturated rings. The molecule has 0 saturated carbocycles. The van der Waals surface area contributed by atoms with Gasteiger partial charge in [0, 0.05) is 12.8 Å². The molecule has 0 spiro atoms. The van der Waals surface area contributed by atoms with Gasteiger partial charge < -0.3 is 24.6 Å². The number of carbonyl (C=O) groups excluding carboxylic acids is 2. The molecule has 0 aromatic heterocycles. The van der Waals surface area contributed by atoms with Crippen molar-refractivity contribution < 1.29 is 47.8 Å². The first-order valence-corrected chi connectivity index (χ1v) is 25.3. The van der Waals surface area contributed by atoms with Gasteiger partial charge in [0.2, 0.25) is 0 Å². The molecule has 3 unspecified atom stereocenters. The average Bonchev–Trinajstić information content (AvgIpc) is 3.21. The number of aliphatic hydroxyl groups is 2. The number of rotatable bonds is 45. The van der Waals surface area contributed by atoms with Gasteiger partial charge in [-0.15, -0.1) is 0 Å². The third-order valence-electron chi connectivity index (χ3n) is 10.3. The normalized spacial score (nSPS) is 13.9. The highest BCUT2D eigenvalue weighted by Crippen LogP contribution is 2.43. The van der Waals surface area contributed by atoms with Crippen molar-refractivity contribution in [3.05, 3.63) is 24.3 Å². The minimum absolute atomic E-state index is 0.171. The van der Waals surface area contributed by atoms with Crippen LogP contribution in [0.5, 0.6) is 0 Å². The first-order chi connectivity index (χ1) is 28.2. The zero-order valence-corrected chi connectivity index (χ0v) is 38.2. The molecule has 0 bridgehead atoms. The van der Waals surface area contributed by atoms with E-state index >= 15 is 0 Å². The van der Waals surface area contributed by atoms with E-state index in [0.29, 0.717) is 12.8 Å². The Hall–Kier alpha value is -1.55. The van der Waals surface area contributed by atoms with Gasteiger partial charge in [-0.25, -0.2) is 4.57 Å². The standard InChI is InChI=1S/C47H89O10P/c1-3-5-7-9-11-13-15-17-18-19-20-21-22-23-24-25-27-28-30-32-34-36-38-46(50)54-42-45(43-56-58(52,53)55-41-44(49)40-48)57-47(51)39-37-35-33-31-29-26-16-14-12-10-8-6-4-2/h8,10,14,16,44-45,48-49H,3-7,9,11-13,15,17-43H2,1-2H3,(H,52,53)/b10-8-,16-14-. The van der Waals surface area contributed by atoms with Crippen molar-refractivity contribution in [1.29, 1.82) is 0 Å². The largest absolute Gasteiger partial charge is 0.472 e. The molecule has 0 aliphatic rings. The molecule has 58 heavy (non-hydrogen) atoms. The number of allylic oxidation sites excluding steroid dienone is 4. The highest BCUT2D eigenvalue weighted by Gasteiger charge is 2.27. The van der Waals surface area contributed by atoms with Gasteiger partial charge in [-0.2, -0.15) is 0 Å². The second-order valence-electron chi connectivity index (χ2n) is 16.1. The Morgan fingerprint density at radius 3 is 1.40 bits per heavy atom. The molecule has 3 atom stereocenters. The third-order valence-corrected chi connectivity index (χ3v) is 11.3. The first-order valence-electron chi connectivity index (χ1n) is 23.8. The Balaban J connectivity index is 4.13. The quantitative estimate of drug-likeness (QED) is 0.0234. The highest BCUT2D eigenvalue weighted by molar-refractivity contribution is 7.47. The van der Waals surface area contributed by atoms with E-state index in [2.05, 4.69) is 38.2 Å². The van der Waals surface area contributed by atoms with Gasteiger partial charge in [0.1, 0.15) is 12.7 Å². The number of hydrogen-bond acceptors (Lipinski definition) is 9. The monoisotopic (exact) mass is 845 g/mol. The molecule has 0 radical (unpaired) electrons. The van der Waals surface area contributed by atoms with E-state index in [4.69, 9.17) is 23.6 Å². The number of unbranched alkanes of at least 4 members (excludes halogenated alkanes) is 27. The van der Waals surface area contributed by atoms with Crippen molar-refractivity contribution in [2.45, 2.75) is 238 Å². The lowest BCUT2D eigenvalue weighted by molar-refractivity contribution is -0.161. The summed E-state index contributed by atoms with van der Waals surface area (Å²) in [4.78, 5) is 35.0. The highest BCUT2D eigenvalue weighted by atomic mass is 31.2. The van der Waals surface area contributed by atoms with E-state index in [1.54, 1.807) is 0 Å². The van der Waals surface area contributed by atoms with Gasteiger partial charge in [0.25, 0.3) is 0 Å². The summed E-state index contributed by atoms with van der Waals surface area (Å²) in [6.45, 7) is 2.33. The fourth-order valence-electron chi connectivity index (χ4n) is 6.68. The van der Waals surface area contributed by atoms with Gasteiger partial charge >= 0.3 is 19.8 Å². The van der Waals surface area contributed by atoms with Crippen LogP contribution in [0.3, 0.4) is 0 Å². The minimum atomic E-state index is -4.62. The zero-order chi connectivity index (χ0) is 42.6. The van der Waals surface area contributed by atoms with E-state index in [9.17, 15) is 24.2 Å². The van der Waals surface area contributed by atoms with E-state index in [0.717, 1.165) is 64.2 Å². The number of esters is 2. The molecule has 10 nitrogen and oxygen atoms in total. The molecule has 0 aromatic rings. The molecule has 0 saturated heterocycles. The molecule has 0 aliphatic heterocycles. The first kappa shape index (κ1) is 56.5. The van der Waals surface area contributed by atoms with Crippen LogP contribution in [0.25, 0.3) is 0 Å².